The molecule has 0 amide bonds. The zero-order valence-electron chi connectivity index (χ0n) is 28.9. The van der Waals surface area contributed by atoms with Crippen LogP contribution in [0.2, 0.25) is 0 Å². The van der Waals surface area contributed by atoms with Gasteiger partial charge < -0.3 is 14.4 Å². The Balaban J connectivity index is 0.00000386. The van der Waals surface area contributed by atoms with Crippen molar-refractivity contribution in [2.24, 2.45) is 4.99 Å². The number of benzene rings is 3. The second kappa shape index (κ2) is 11.9. The van der Waals surface area contributed by atoms with E-state index in [-0.39, 0.29) is 43.0 Å². The fraction of sp³-hybridized carbons (Fsp3) is 0.415. The van der Waals surface area contributed by atoms with Crippen LogP contribution in [-0.2, 0) is 36.6 Å². The number of fused-ring (bicyclic) bond motifs is 3. The van der Waals surface area contributed by atoms with Crippen molar-refractivity contribution in [3.63, 3.8) is 0 Å². The summed E-state index contributed by atoms with van der Waals surface area (Å²) in [6.45, 7) is 17.8. The number of hydrogen-bond acceptors (Lipinski definition) is 5. The van der Waals surface area contributed by atoms with E-state index < -0.39 is 0 Å². The minimum atomic E-state index is -0.297. The third-order valence-electron chi connectivity index (χ3n) is 10.5. The topological polar surface area (TPSA) is 47.0 Å². The third kappa shape index (κ3) is 5.84. The molecule has 5 nitrogen and oxygen atoms in total. The van der Waals surface area contributed by atoms with Gasteiger partial charge in [0, 0.05) is 23.4 Å². The van der Waals surface area contributed by atoms with Crippen molar-refractivity contribution in [3.05, 3.63) is 107 Å². The largest absolute Gasteiger partial charge is 2.00 e. The number of nitrogens with zero attached hydrogens (tertiary/aromatic N) is 3. The standard InChI is InChI=1S/C41H45N3O2.Pt/c1-27-22-28(37-43-40(7)19-12-9-13-20-41(40,8)46-37)24-31(23-27)45-30-16-17-33-35(26-30)44(34-15-11-10-14-32(34)39(33,5)6)36-25-29(18-21-42-36)38(2,3)4;/h10-11,14-18,21-23,25H,9,12-13,19-20H2,1-8H3;/q-2;+2/t40-,41+;/m1./s1. The van der Waals surface area contributed by atoms with Gasteiger partial charge in [-0.25, -0.2) is 4.98 Å². The molecule has 3 aliphatic rings. The van der Waals surface area contributed by atoms with Gasteiger partial charge in [0.25, 0.3) is 0 Å². The van der Waals surface area contributed by atoms with Crippen molar-refractivity contribution in [2.75, 3.05) is 4.90 Å². The van der Waals surface area contributed by atoms with Crippen LogP contribution in [0.1, 0.15) is 108 Å². The van der Waals surface area contributed by atoms with Crippen LogP contribution in [0.3, 0.4) is 0 Å². The molecule has 2 atom stereocenters. The molecule has 0 spiro atoms. The SMILES string of the molecule is Cc1cc(Oc2[c-]c3c(cc2)C(C)(C)c2ccccc2N3c2cc(C(C)(C)C)ccn2)[c-]c(C2=N[C@]3(C)CCCCC[C@]3(C)O2)c1.[Pt+2]. The van der Waals surface area contributed by atoms with E-state index in [1.54, 1.807) is 0 Å². The summed E-state index contributed by atoms with van der Waals surface area (Å²) in [6, 6.07) is 28.4. The van der Waals surface area contributed by atoms with E-state index in [1.807, 2.05) is 18.3 Å². The molecule has 3 aromatic carbocycles. The second-order valence-electron chi connectivity index (χ2n) is 15.3. The second-order valence-corrected chi connectivity index (χ2v) is 15.3. The van der Waals surface area contributed by atoms with E-state index in [2.05, 4.69) is 121 Å². The monoisotopic (exact) mass is 806 g/mol. The molecule has 47 heavy (non-hydrogen) atoms. The van der Waals surface area contributed by atoms with Crippen molar-refractivity contribution >= 4 is 23.1 Å². The van der Waals surface area contributed by atoms with Crippen LogP contribution in [-0.4, -0.2) is 22.0 Å². The first-order chi connectivity index (χ1) is 21.8. The maximum absolute atomic E-state index is 6.65. The average Bonchev–Trinajstić information content (AvgIpc) is 3.17. The fourth-order valence-corrected chi connectivity index (χ4v) is 7.43. The van der Waals surface area contributed by atoms with Gasteiger partial charge in [0.05, 0.1) is 5.54 Å². The van der Waals surface area contributed by atoms with Gasteiger partial charge in [0.2, 0.25) is 0 Å². The van der Waals surface area contributed by atoms with Gasteiger partial charge in [-0.05, 0) is 73.3 Å². The van der Waals surface area contributed by atoms with E-state index in [0.717, 1.165) is 41.2 Å². The fourth-order valence-electron chi connectivity index (χ4n) is 7.43. The van der Waals surface area contributed by atoms with E-state index in [1.165, 1.54) is 36.0 Å². The molecule has 1 aromatic heterocycles. The first kappa shape index (κ1) is 33.5. The Kier molecular flexibility index (Phi) is 8.49. The average molecular weight is 807 g/mol. The molecule has 0 radical (unpaired) electrons. The molecule has 3 heterocycles. The van der Waals surface area contributed by atoms with Crippen LogP contribution >= 0.6 is 0 Å². The summed E-state index contributed by atoms with van der Waals surface area (Å²) in [4.78, 5) is 12.3. The number of para-hydroxylation sites is 1. The van der Waals surface area contributed by atoms with Crippen LogP contribution in [0.25, 0.3) is 0 Å². The summed E-state index contributed by atoms with van der Waals surface area (Å²) < 4.78 is 13.2. The summed E-state index contributed by atoms with van der Waals surface area (Å²) in [7, 11) is 0. The number of aromatic nitrogens is 1. The van der Waals surface area contributed by atoms with Gasteiger partial charge in [-0.1, -0.05) is 96.0 Å². The molecule has 1 saturated carbocycles. The van der Waals surface area contributed by atoms with Gasteiger partial charge in [0.1, 0.15) is 17.3 Å². The van der Waals surface area contributed by atoms with Gasteiger partial charge in [0.15, 0.2) is 0 Å². The Bertz CT molecular complexity index is 1860. The van der Waals surface area contributed by atoms with Crippen molar-refractivity contribution in [3.8, 4) is 11.5 Å². The molecule has 2 aliphatic heterocycles. The number of rotatable bonds is 4. The minimum absolute atomic E-state index is 0. The Morgan fingerprint density at radius 1 is 0.851 bits per heavy atom. The molecule has 246 valence electrons. The maximum Gasteiger partial charge on any atom is 2.00 e. The quantitative estimate of drug-likeness (QED) is 0.193. The normalized spacial score (nSPS) is 22.9. The number of anilines is 3. The molecule has 4 aromatic rings. The van der Waals surface area contributed by atoms with Crippen LogP contribution in [0.5, 0.6) is 11.5 Å². The molecule has 1 aliphatic carbocycles. The van der Waals surface area contributed by atoms with Gasteiger partial charge in [-0.15, -0.1) is 29.3 Å². The Morgan fingerprint density at radius 2 is 1.62 bits per heavy atom. The van der Waals surface area contributed by atoms with Crippen molar-refractivity contribution in [1.82, 2.24) is 4.98 Å². The van der Waals surface area contributed by atoms with Gasteiger partial charge in [-0.2, -0.15) is 6.07 Å². The van der Waals surface area contributed by atoms with Crippen molar-refractivity contribution in [2.45, 2.75) is 109 Å². The van der Waals surface area contributed by atoms with E-state index >= 15 is 0 Å². The zero-order chi connectivity index (χ0) is 32.5. The smallest absolute Gasteiger partial charge is 0.512 e. The molecule has 6 heteroatoms. The van der Waals surface area contributed by atoms with E-state index in [0.29, 0.717) is 17.4 Å². The maximum atomic E-state index is 6.65. The summed E-state index contributed by atoms with van der Waals surface area (Å²) >= 11 is 0. The number of aryl methyl sites for hydroxylation is 1. The van der Waals surface area contributed by atoms with E-state index in [9.17, 15) is 0 Å². The number of aliphatic imine (C=N–C) groups is 1. The zero-order valence-corrected chi connectivity index (χ0v) is 31.1. The van der Waals surface area contributed by atoms with E-state index in [4.69, 9.17) is 19.5 Å². The Hall–Kier alpha value is -3.43. The molecule has 7 rings (SSSR count). The van der Waals surface area contributed by atoms with Crippen molar-refractivity contribution < 1.29 is 30.5 Å². The third-order valence-corrected chi connectivity index (χ3v) is 10.5. The predicted molar refractivity (Wildman–Crippen MR) is 186 cm³/mol. The Morgan fingerprint density at radius 3 is 2.40 bits per heavy atom. The molecule has 0 saturated heterocycles. The first-order valence-corrected chi connectivity index (χ1v) is 16.7. The van der Waals surface area contributed by atoms with Gasteiger partial charge in [-0.3, -0.25) is 4.99 Å². The van der Waals surface area contributed by atoms with Gasteiger partial charge >= 0.3 is 21.1 Å². The van der Waals surface area contributed by atoms with Crippen LogP contribution in [0.4, 0.5) is 17.2 Å². The van der Waals surface area contributed by atoms with Crippen LogP contribution < -0.4 is 9.64 Å². The molecule has 0 bridgehead atoms. The molecule has 0 unspecified atom stereocenters. The Labute approximate surface area is 295 Å². The predicted octanol–water partition coefficient (Wildman–Crippen LogP) is 10.4. The summed E-state index contributed by atoms with van der Waals surface area (Å²) in [5.74, 6) is 2.78. The van der Waals surface area contributed by atoms with Crippen molar-refractivity contribution in [1.29, 1.82) is 0 Å². The molecule has 0 N–H and O–H groups in total. The molecular formula is C41H45N3O2Pt. The number of pyridine rings is 1. The first-order valence-electron chi connectivity index (χ1n) is 16.7. The minimum Gasteiger partial charge on any atom is -0.512 e. The summed E-state index contributed by atoms with van der Waals surface area (Å²) in [6.07, 6.45) is 7.55. The summed E-state index contributed by atoms with van der Waals surface area (Å²) in [5, 5.41) is 0. The van der Waals surface area contributed by atoms with Crippen LogP contribution in [0.15, 0.2) is 71.9 Å². The van der Waals surface area contributed by atoms with Crippen LogP contribution in [0, 0.1) is 19.1 Å². The number of ether oxygens (including phenoxy) is 2. The molecule has 1 fully saturated rings. The molecular weight excluding hydrogens is 762 g/mol. The summed E-state index contributed by atoms with van der Waals surface area (Å²) in [5.41, 5.74) is 6.82. The number of hydrogen-bond donors (Lipinski definition) is 0.